The van der Waals surface area contributed by atoms with Crippen molar-refractivity contribution in [2.45, 2.75) is 18.6 Å². The Bertz CT molecular complexity index is 360. The molecule has 1 aliphatic rings. The minimum atomic E-state index is -4.31. The predicted molar refractivity (Wildman–Crippen MR) is 53.3 cm³/mol. The summed E-state index contributed by atoms with van der Waals surface area (Å²) >= 11 is 0. The van der Waals surface area contributed by atoms with Crippen LogP contribution < -0.4 is 10.1 Å². The molecular formula is C11H12F3NO. The van der Waals surface area contributed by atoms with Gasteiger partial charge in [-0.2, -0.15) is 13.2 Å². The minimum absolute atomic E-state index is 0.267. The molecule has 1 heterocycles. The van der Waals surface area contributed by atoms with Crippen LogP contribution in [0.2, 0.25) is 0 Å². The van der Waals surface area contributed by atoms with Crippen LogP contribution in [0.4, 0.5) is 13.2 Å². The van der Waals surface area contributed by atoms with Crippen molar-refractivity contribution >= 4 is 0 Å². The molecular weight excluding hydrogens is 219 g/mol. The summed E-state index contributed by atoms with van der Waals surface area (Å²) in [5.41, 5.74) is -0.674. The molecule has 0 saturated carbocycles. The first-order valence-corrected chi connectivity index (χ1v) is 5.09. The predicted octanol–water partition coefficient (Wildman–Crippen LogP) is 2.45. The van der Waals surface area contributed by atoms with Crippen LogP contribution in [0.25, 0.3) is 0 Å². The second-order valence-corrected chi connectivity index (χ2v) is 3.78. The lowest BCUT2D eigenvalue weighted by Crippen LogP contribution is -2.46. The van der Waals surface area contributed by atoms with Crippen molar-refractivity contribution in [3.05, 3.63) is 29.8 Å². The van der Waals surface area contributed by atoms with Crippen LogP contribution in [-0.4, -0.2) is 19.2 Å². The fourth-order valence-electron chi connectivity index (χ4n) is 1.45. The quantitative estimate of drug-likeness (QED) is 0.862. The maximum atomic E-state index is 12.4. The maximum absolute atomic E-state index is 12.4. The van der Waals surface area contributed by atoms with Crippen LogP contribution in [-0.2, 0) is 6.18 Å². The highest BCUT2D eigenvalue weighted by molar-refractivity contribution is 5.30. The van der Waals surface area contributed by atoms with Gasteiger partial charge in [0.15, 0.2) is 0 Å². The van der Waals surface area contributed by atoms with Crippen LogP contribution in [0.15, 0.2) is 24.3 Å². The lowest BCUT2D eigenvalue weighted by Gasteiger charge is -2.27. The smallest absolute Gasteiger partial charge is 0.416 e. The van der Waals surface area contributed by atoms with Crippen molar-refractivity contribution in [3.63, 3.8) is 0 Å². The lowest BCUT2D eigenvalue weighted by atomic mass is 10.1. The molecule has 2 rings (SSSR count). The Balaban J connectivity index is 1.98. The van der Waals surface area contributed by atoms with Gasteiger partial charge in [-0.25, -0.2) is 0 Å². The standard InChI is InChI=1S/C11H12F3NO/c12-11(13,14)8-2-1-3-10(6-8)16-7-9-4-5-15-9/h1-3,6,9,15H,4-5,7H2. The minimum Gasteiger partial charge on any atom is -0.492 e. The average Bonchev–Trinajstić information content (AvgIpc) is 2.14. The molecule has 1 fully saturated rings. The number of alkyl halides is 3. The summed E-state index contributed by atoms with van der Waals surface area (Å²) in [6.07, 6.45) is -3.30. The zero-order valence-electron chi connectivity index (χ0n) is 8.55. The maximum Gasteiger partial charge on any atom is 0.416 e. The van der Waals surface area contributed by atoms with Gasteiger partial charge in [-0.05, 0) is 31.2 Å². The monoisotopic (exact) mass is 231 g/mol. The fourth-order valence-corrected chi connectivity index (χ4v) is 1.45. The summed E-state index contributed by atoms with van der Waals surface area (Å²) in [7, 11) is 0. The molecule has 16 heavy (non-hydrogen) atoms. The zero-order valence-corrected chi connectivity index (χ0v) is 8.55. The molecule has 1 aromatic carbocycles. The van der Waals surface area contributed by atoms with E-state index < -0.39 is 11.7 Å². The lowest BCUT2D eigenvalue weighted by molar-refractivity contribution is -0.137. The van der Waals surface area contributed by atoms with E-state index in [0.717, 1.165) is 25.1 Å². The van der Waals surface area contributed by atoms with Crippen molar-refractivity contribution in [3.8, 4) is 5.75 Å². The van der Waals surface area contributed by atoms with E-state index in [1.54, 1.807) is 0 Å². The number of rotatable bonds is 3. The average molecular weight is 231 g/mol. The van der Waals surface area contributed by atoms with Gasteiger partial charge in [0.05, 0.1) is 5.56 Å². The summed E-state index contributed by atoms with van der Waals surface area (Å²) < 4.78 is 42.4. The topological polar surface area (TPSA) is 21.3 Å². The van der Waals surface area contributed by atoms with E-state index in [9.17, 15) is 13.2 Å². The van der Waals surface area contributed by atoms with Gasteiger partial charge in [0.2, 0.25) is 0 Å². The third kappa shape index (κ3) is 2.66. The van der Waals surface area contributed by atoms with E-state index in [-0.39, 0.29) is 11.8 Å². The van der Waals surface area contributed by atoms with Crippen LogP contribution in [0.3, 0.4) is 0 Å². The van der Waals surface area contributed by atoms with Gasteiger partial charge < -0.3 is 10.1 Å². The van der Waals surface area contributed by atoms with E-state index in [1.807, 2.05) is 0 Å². The van der Waals surface area contributed by atoms with E-state index >= 15 is 0 Å². The highest BCUT2D eigenvalue weighted by Crippen LogP contribution is 2.31. The number of benzene rings is 1. The highest BCUT2D eigenvalue weighted by atomic mass is 19.4. The van der Waals surface area contributed by atoms with Gasteiger partial charge in [0.1, 0.15) is 12.4 Å². The first-order chi connectivity index (χ1) is 7.55. The van der Waals surface area contributed by atoms with E-state index in [1.165, 1.54) is 12.1 Å². The van der Waals surface area contributed by atoms with Gasteiger partial charge in [0, 0.05) is 6.04 Å². The van der Waals surface area contributed by atoms with Crippen LogP contribution in [0.1, 0.15) is 12.0 Å². The highest BCUT2D eigenvalue weighted by Gasteiger charge is 2.30. The summed E-state index contributed by atoms with van der Waals surface area (Å²) in [5, 5.41) is 3.11. The first kappa shape index (κ1) is 11.3. The molecule has 2 nitrogen and oxygen atoms in total. The van der Waals surface area contributed by atoms with Gasteiger partial charge >= 0.3 is 6.18 Å². The summed E-state index contributed by atoms with van der Waals surface area (Å²) in [6.45, 7) is 1.37. The Morgan fingerprint density at radius 2 is 2.12 bits per heavy atom. The van der Waals surface area contributed by atoms with Crippen LogP contribution in [0.5, 0.6) is 5.75 Å². The zero-order chi connectivity index (χ0) is 11.6. The molecule has 0 spiro atoms. The normalized spacial score (nSPS) is 20.3. The Morgan fingerprint density at radius 3 is 2.69 bits per heavy atom. The summed E-state index contributed by atoms with van der Waals surface area (Å²) in [5.74, 6) is 0.267. The molecule has 1 aliphatic heterocycles. The van der Waals surface area contributed by atoms with Gasteiger partial charge in [0.25, 0.3) is 0 Å². The molecule has 5 heteroatoms. The number of hydrogen-bond donors (Lipinski definition) is 1. The molecule has 1 N–H and O–H groups in total. The van der Waals surface area contributed by atoms with Crippen molar-refractivity contribution in [2.24, 2.45) is 0 Å². The van der Waals surface area contributed by atoms with E-state index in [0.29, 0.717) is 6.61 Å². The molecule has 1 atom stereocenters. The molecule has 0 radical (unpaired) electrons. The molecule has 1 aromatic rings. The summed E-state index contributed by atoms with van der Waals surface area (Å²) in [4.78, 5) is 0. The Labute approximate surface area is 91.4 Å². The fraction of sp³-hybridized carbons (Fsp3) is 0.455. The number of ether oxygens (including phenoxy) is 1. The Morgan fingerprint density at radius 1 is 1.38 bits per heavy atom. The van der Waals surface area contributed by atoms with Crippen molar-refractivity contribution < 1.29 is 17.9 Å². The SMILES string of the molecule is FC(F)(F)c1cccc(OCC2CCN2)c1. The molecule has 0 amide bonds. The summed E-state index contributed by atoms with van der Waals surface area (Å²) in [6, 6.07) is 5.22. The van der Waals surface area contributed by atoms with E-state index in [2.05, 4.69) is 5.32 Å². The van der Waals surface area contributed by atoms with Gasteiger partial charge in [-0.1, -0.05) is 6.07 Å². The third-order valence-corrected chi connectivity index (χ3v) is 2.54. The Kier molecular flexibility index (Phi) is 3.05. The Hall–Kier alpha value is -1.23. The van der Waals surface area contributed by atoms with Crippen molar-refractivity contribution in [1.82, 2.24) is 5.32 Å². The largest absolute Gasteiger partial charge is 0.492 e. The third-order valence-electron chi connectivity index (χ3n) is 2.54. The molecule has 1 saturated heterocycles. The first-order valence-electron chi connectivity index (χ1n) is 5.09. The van der Waals surface area contributed by atoms with E-state index in [4.69, 9.17) is 4.74 Å². The van der Waals surface area contributed by atoms with Crippen molar-refractivity contribution in [1.29, 1.82) is 0 Å². The number of nitrogens with one attached hydrogen (secondary N) is 1. The van der Waals surface area contributed by atoms with Crippen LogP contribution in [0, 0.1) is 0 Å². The molecule has 0 bridgehead atoms. The number of hydrogen-bond acceptors (Lipinski definition) is 2. The van der Waals surface area contributed by atoms with Gasteiger partial charge in [-0.3, -0.25) is 0 Å². The molecule has 88 valence electrons. The molecule has 0 aliphatic carbocycles. The molecule has 0 aromatic heterocycles. The number of halogens is 3. The van der Waals surface area contributed by atoms with Crippen LogP contribution >= 0.6 is 0 Å². The van der Waals surface area contributed by atoms with Gasteiger partial charge in [-0.15, -0.1) is 0 Å². The molecule has 1 unspecified atom stereocenters. The second-order valence-electron chi connectivity index (χ2n) is 3.78. The second kappa shape index (κ2) is 4.33. The van der Waals surface area contributed by atoms with Crippen molar-refractivity contribution in [2.75, 3.05) is 13.2 Å².